The first-order valence-corrected chi connectivity index (χ1v) is 8.96. The fourth-order valence-electron chi connectivity index (χ4n) is 0.339. The minimum atomic E-state index is 0. The first-order chi connectivity index (χ1) is 9.91. The average Bonchev–Trinajstić information content (AvgIpc) is 2.35. The first-order valence-electron chi connectivity index (χ1n) is 5.62. The van der Waals surface area contributed by atoms with Gasteiger partial charge in [-0.2, -0.15) is 0 Å². The molecule has 0 bridgehead atoms. The molecule has 0 aromatic heterocycles. The van der Waals surface area contributed by atoms with Crippen molar-refractivity contribution < 1.29 is 39.0 Å². The van der Waals surface area contributed by atoms with Crippen LogP contribution < -0.4 is 10.6 Å². The Morgan fingerprint density at radius 3 is 1.00 bits per heavy atom. The maximum Gasteiger partial charge on any atom is 2.00 e. The fourth-order valence-corrected chi connectivity index (χ4v) is 0.767. The van der Waals surface area contributed by atoms with Crippen LogP contribution in [-0.2, 0) is 64.2 Å². The summed E-state index contributed by atoms with van der Waals surface area (Å²) in [6.07, 6.45) is 0. The molecule has 0 aliphatic rings. The second kappa shape index (κ2) is 24.9. The molecule has 0 aromatic carbocycles. The van der Waals surface area contributed by atoms with Gasteiger partial charge in [-0.25, -0.2) is 0 Å². The minimum absolute atomic E-state index is 0. The van der Waals surface area contributed by atoms with Gasteiger partial charge in [0.25, 0.3) is 0 Å². The molecule has 0 rings (SSSR count). The third kappa shape index (κ3) is 43.9. The first kappa shape index (κ1) is 36.8. The maximum atomic E-state index is 4.65. The Morgan fingerprint density at radius 2 is 0.917 bits per heavy atom. The van der Waals surface area contributed by atoms with Crippen molar-refractivity contribution >= 4 is 117 Å². The van der Waals surface area contributed by atoms with Crippen LogP contribution in [0.1, 0.15) is 0 Å². The normalized spacial score (nSPS) is 7.42. The molecule has 24 heavy (non-hydrogen) atoms. The molecule has 0 aliphatic carbocycles. The van der Waals surface area contributed by atoms with E-state index in [0.29, 0.717) is 30.4 Å². The molecule has 14 heteroatoms. The third-order valence-electron chi connectivity index (χ3n) is 1.41. The van der Waals surface area contributed by atoms with E-state index in [9.17, 15) is 0 Å². The van der Waals surface area contributed by atoms with Crippen LogP contribution in [0.4, 0.5) is 0 Å². The van der Waals surface area contributed by atoms with E-state index in [1.165, 1.54) is 0 Å². The van der Waals surface area contributed by atoms with Crippen LogP contribution in [0.3, 0.4) is 0 Å². The molecule has 0 radical (unpaired) electrons. The van der Waals surface area contributed by atoms with Gasteiger partial charge >= 0.3 is 39.0 Å². The zero-order valence-corrected chi connectivity index (χ0v) is 26.7. The van der Waals surface area contributed by atoms with Gasteiger partial charge in [0, 0.05) is 41.3 Å². The molecule has 0 spiro atoms. The maximum absolute atomic E-state index is 4.65. The molecule has 0 saturated heterocycles. The van der Waals surface area contributed by atoms with Gasteiger partial charge in [-0.1, -0.05) is 33.1 Å². The Hall–Kier alpha value is 1.95. The largest absolute Gasteiger partial charge is 2.00 e. The van der Waals surface area contributed by atoms with Gasteiger partial charge < -0.3 is 70.1 Å². The van der Waals surface area contributed by atoms with Gasteiger partial charge in [-0.3, -0.25) is 0 Å². The van der Waals surface area contributed by atoms with Crippen LogP contribution in [0.25, 0.3) is 0 Å². The van der Waals surface area contributed by atoms with Crippen molar-refractivity contribution in [1.82, 2.24) is 20.4 Å². The van der Waals surface area contributed by atoms with Gasteiger partial charge in [-0.05, 0) is 0 Å². The van der Waals surface area contributed by atoms with E-state index in [0.717, 1.165) is 0 Å². The Morgan fingerprint density at radius 1 is 0.750 bits per heavy atom. The Labute approximate surface area is 214 Å². The van der Waals surface area contributed by atoms with Gasteiger partial charge in [0.15, 0.2) is 0 Å². The van der Waals surface area contributed by atoms with Crippen LogP contribution >= 0.6 is 74.1 Å². The zero-order valence-electron chi connectivity index (χ0n) is 14.1. The summed E-state index contributed by atoms with van der Waals surface area (Å²) < 4.78 is 2.00. The van der Waals surface area contributed by atoms with Crippen LogP contribution in [0.15, 0.2) is 0 Å². The molecular weight excluding hydrogens is 563 g/mol. The predicted molar refractivity (Wildman–Crippen MR) is 126 cm³/mol. The van der Waals surface area contributed by atoms with Crippen molar-refractivity contribution in [2.75, 3.05) is 41.3 Å². The third-order valence-corrected chi connectivity index (χ3v) is 3.47. The minimum Gasteiger partial charge on any atom is -0.411 e. The SMILES string of the molecule is CN(C)C(=S)[S-].CN(C)C(=S)[S-].S=C(S)NCCNC(=S)S.[Zn+2].[Zn+2]. The molecule has 130 valence electrons. The summed E-state index contributed by atoms with van der Waals surface area (Å²) in [4.78, 5) is 3.43. The molecule has 0 saturated carbocycles. The van der Waals surface area contributed by atoms with Crippen molar-refractivity contribution in [3.8, 4) is 0 Å². The molecule has 0 unspecified atom stereocenters. The Bertz CT molecular complexity index is 335. The Kier molecular flexibility index (Phi) is 38.3. The number of rotatable bonds is 3. The summed E-state index contributed by atoms with van der Waals surface area (Å²) in [6.45, 7) is 1.42. The van der Waals surface area contributed by atoms with Crippen LogP contribution in [0.2, 0.25) is 0 Å². The van der Waals surface area contributed by atoms with E-state index in [2.05, 4.69) is 110 Å². The van der Waals surface area contributed by atoms with E-state index in [-0.39, 0.29) is 39.0 Å². The monoisotopic (exact) mass is 580 g/mol. The number of thiol groups is 2. The number of nitrogens with one attached hydrogen (secondary N) is 2. The van der Waals surface area contributed by atoms with E-state index >= 15 is 0 Å². The molecule has 0 fully saturated rings. The van der Waals surface area contributed by atoms with Crippen LogP contribution in [-0.4, -0.2) is 68.4 Å². The van der Waals surface area contributed by atoms with Crippen molar-refractivity contribution in [3.05, 3.63) is 0 Å². The van der Waals surface area contributed by atoms with Crippen LogP contribution in [0, 0.1) is 0 Å². The summed E-state index contributed by atoms with van der Waals surface area (Å²) in [5.74, 6) is 0. The van der Waals surface area contributed by atoms with Crippen LogP contribution in [0.5, 0.6) is 0 Å². The van der Waals surface area contributed by atoms with Crippen molar-refractivity contribution in [2.24, 2.45) is 0 Å². The molecule has 0 heterocycles. The summed E-state index contributed by atoms with van der Waals surface area (Å²) in [5.41, 5.74) is 0. The smallest absolute Gasteiger partial charge is 0.411 e. The van der Waals surface area contributed by atoms with Crippen molar-refractivity contribution in [2.45, 2.75) is 0 Å². The number of nitrogens with zero attached hydrogens (tertiary/aromatic N) is 2. The number of hydrogen-bond acceptors (Lipinski definition) is 6. The molecule has 0 aliphatic heterocycles. The summed E-state index contributed by atoms with van der Waals surface area (Å²) in [5, 5.41) is 5.68. The summed E-state index contributed by atoms with van der Waals surface area (Å²) in [7, 11) is 7.31. The molecule has 4 nitrogen and oxygen atoms in total. The molecule has 0 atom stereocenters. The van der Waals surface area contributed by atoms with E-state index in [4.69, 9.17) is 0 Å². The molecule has 0 amide bonds. The summed E-state index contributed by atoms with van der Waals surface area (Å²) >= 11 is 35.3. The fraction of sp³-hybridized carbons (Fsp3) is 0.600. The number of thiocarbonyl (C=S) groups is 4. The van der Waals surface area contributed by atoms with Gasteiger partial charge in [-0.15, -0.1) is 25.3 Å². The second-order valence-electron chi connectivity index (χ2n) is 3.78. The molecule has 0 aromatic rings. The van der Waals surface area contributed by atoms with Gasteiger partial charge in [0.1, 0.15) is 8.64 Å². The Balaban J connectivity index is -0.0000000759. The van der Waals surface area contributed by atoms with E-state index in [1.807, 2.05) is 28.2 Å². The van der Waals surface area contributed by atoms with Crippen molar-refractivity contribution in [3.63, 3.8) is 0 Å². The van der Waals surface area contributed by atoms with Gasteiger partial charge in [0.05, 0.1) is 0 Å². The zero-order chi connectivity index (χ0) is 18.3. The van der Waals surface area contributed by atoms with E-state index < -0.39 is 0 Å². The van der Waals surface area contributed by atoms with Gasteiger partial charge in [0.2, 0.25) is 0 Å². The topological polar surface area (TPSA) is 30.5 Å². The average molecular weight is 584 g/mol. The number of hydrogen-bond donors (Lipinski definition) is 4. The molecular formula is C10H20N4S8Zn2+2. The standard InChI is InChI=1S/C4H8N2S4.2C3H7NS2.2Zn/c7-3(8)5-1-2-6-4(9)10;2*1-4(2)3(5)6;;/h1-2H2,(H2,5,7,8)(H2,6,9,10);2*1-2H3,(H,5,6);;/q;;;2*+2/p-2. The van der Waals surface area contributed by atoms with Crippen molar-refractivity contribution in [1.29, 1.82) is 0 Å². The second-order valence-corrected chi connectivity index (χ2v) is 8.16. The molecule has 2 N–H and O–H groups in total. The predicted octanol–water partition coefficient (Wildman–Crippen LogP) is 1.35. The summed E-state index contributed by atoms with van der Waals surface area (Å²) in [6, 6.07) is 0. The van der Waals surface area contributed by atoms with E-state index in [1.54, 1.807) is 9.80 Å². The quantitative estimate of drug-likeness (QED) is 0.129.